The maximum absolute atomic E-state index is 13.2. The molecule has 109 heavy (non-hydrogen) atoms. The van der Waals surface area contributed by atoms with Crippen molar-refractivity contribution in [1.82, 2.24) is 0 Å². The number of hydrogen-bond acceptors (Lipinski definition) is 15. The molecule has 0 aliphatic carbocycles. The zero-order chi connectivity index (χ0) is 79.9. The Hall–Kier alpha value is -1.94. The third-order valence-corrected chi connectivity index (χ3v) is 23.5. The van der Waals surface area contributed by atoms with Gasteiger partial charge in [-0.25, -0.2) is 9.13 Å². The van der Waals surface area contributed by atoms with E-state index in [1.807, 2.05) is 0 Å². The smallest absolute Gasteiger partial charge is 0.462 e. The first-order chi connectivity index (χ1) is 52.9. The van der Waals surface area contributed by atoms with E-state index in [-0.39, 0.29) is 25.7 Å². The Bertz CT molecular complexity index is 2080. The van der Waals surface area contributed by atoms with Gasteiger partial charge in [-0.15, -0.1) is 0 Å². The highest BCUT2D eigenvalue weighted by molar-refractivity contribution is 7.47. The molecular formula is C90H176O17P2. The molecule has 3 unspecified atom stereocenters. The largest absolute Gasteiger partial charge is 0.472 e. The van der Waals surface area contributed by atoms with Crippen LogP contribution in [0.25, 0.3) is 0 Å². The quantitative estimate of drug-likeness (QED) is 0.0222. The second-order valence-electron chi connectivity index (χ2n) is 33.1. The molecule has 0 aromatic carbocycles. The van der Waals surface area contributed by atoms with E-state index in [9.17, 15) is 43.2 Å². The second-order valence-corrected chi connectivity index (χ2v) is 36.0. The average Bonchev–Trinajstić information content (AvgIpc) is 0.900. The maximum atomic E-state index is 13.2. The van der Waals surface area contributed by atoms with Gasteiger partial charge < -0.3 is 33.8 Å². The minimum absolute atomic E-state index is 0.107. The molecule has 0 aromatic heterocycles. The molecule has 0 radical (unpaired) electrons. The van der Waals surface area contributed by atoms with Crippen LogP contribution in [0, 0.1) is 11.8 Å². The van der Waals surface area contributed by atoms with Crippen LogP contribution in [0.2, 0.25) is 0 Å². The molecule has 0 saturated carbocycles. The fraction of sp³-hybridized carbons (Fsp3) is 0.956. The lowest BCUT2D eigenvalue weighted by molar-refractivity contribution is -0.161. The van der Waals surface area contributed by atoms with Crippen molar-refractivity contribution in [3.8, 4) is 0 Å². The summed E-state index contributed by atoms with van der Waals surface area (Å²) in [5, 5.41) is 10.7. The molecule has 0 saturated heterocycles. The number of rotatable bonds is 89. The lowest BCUT2D eigenvalue weighted by atomic mass is 9.99. The van der Waals surface area contributed by atoms with Gasteiger partial charge in [0.15, 0.2) is 12.2 Å². The third kappa shape index (κ3) is 82.4. The fourth-order valence-corrected chi connectivity index (χ4v) is 15.7. The summed E-state index contributed by atoms with van der Waals surface area (Å²) in [4.78, 5) is 73.3. The first kappa shape index (κ1) is 107. The number of carbonyl (C=O) groups is 4. The van der Waals surface area contributed by atoms with Gasteiger partial charge in [0.25, 0.3) is 0 Å². The predicted octanol–water partition coefficient (Wildman–Crippen LogP) is 27.8. The van der Waals surface area contributed by atoms with Crippen LogP contribution < -0.4 is 0 Å². The number of esters is 4. The highest BCUT2D eigenvalue weighted by Gasteiger charge is 2.31. The normalized spacial score (nSPS) is 14.0. The molecule has 3 N–H and O–H groups in total. The molecule has 6 atom stereocenters. The van der Waals surface area contributed by atoms with Crippen molar-refractivity contribution >= 4 is 39.5 Å². The molecule has 0 spiro atoms. The van der Waals surface area contributed by atoms with Crippen LogP contribution in [-0.2, 0) is 65.4 Å². The van der Waals surface area contributed by atoms with Crippen molar-refractivity contribution in [2.24, 2.45) is 11.8 Å². The molecule has 0 bridgehead atoms. The van der Waals surface area contributed by atoms with Crippen molar-refractivity contribution in [3.63, 3.8) is 0 Å². The Kier molecular flexibility index (Phi) is 79.8. The van der Waals surface area contributed by atoms with E-state index in [0.717, 1.165) is 102 Å². The summed E-state index contributed by atoms with van der Waals surface area (Å²) in [6.45, 7) is 9.76. The van der Waals surface area contributed by atoms with Gasteiger partial charge >= 0.3 is 39.5 Å². The molecule has 0 fully saturated rings. The molecule has 0 amide bonds. The molecule has 19 heteroatoms. The van der Waals surface area contributed by atoms with Gasteiger partial charge in [0.2, 0.25) is 0 Å². The Morgan fingerprint density at radius 3 is 0.697 bits per heavy atom. The number of unbranched alkanes of at least 4 members (excludes halogenated alkanes) is 58. The molecule has 0 aliphatic rings. The van der Waals surface area contributed by atoms with Gasteiger partial charge in [0.1, 0.15) is 19.3 Å². The Balaban J connectivity index is 5.20. The van der Waals surface area contributed by atoms with E-state index in [1.165, 1.54) is 302 Å². The van der Waals surface area contributed by atoms with Crippen molar-refractivity contribution in [3.05, 3.63) is 0 Å². The van der Waals surface area contributed by atoms with Crippen molar-refractivity contribution in [1.29, 1.82) is 0 Å². The van der Waals surface area contributed by atoms with E-state index >= 15 is 0 Å². The first-order valence-corrected chi connectivity index (χ1v) is 49.5. The third-order valence-electron chi connectivity index (χ3n) is 21.6. The molecule has 0 heterocycles. The summed E-state index contributed by atoms with van der Waals surface area (Å²) in [7, 11) is -9.93. The van der Waals surface area contributed by atoms with Crippen LogP contribution in [0.4, 0.5) is 0 Å². The van der Waals surface area contributed by atoms with Gasteiger partial charge in [-0.05, 0) is 37.5 Å². The summed E-state index contributed by atoms with van der Waals surface area (Å²) in [6, 6.07) is 0. The average molecular weight is 1590 g/mol. The zero-order valence-corrected chi connectivity index (χ0v) is 73.7. The summed E-state index contributed by atoms with van der Waals surface area (Å²) >= 11 is 0. The Morgan fingerprint density at radius 2 is 0.468 bits per heavy atom. The summed E-state index contributed by atoms with van der Waals surface area (Å²) in [6.07, 6.45) is 75.1. The number of phosphoric acid groups is 2. The van der Waals surface area contributed by atoms with Gasteiger partial charge in [0.05, 0.1) is 26.4 Å². The number of aliphatic hydroxyl groups is 1. The number of phosphoric ester groups is 2. The van der Waals surface area contributed by atoms with E-state index in [0.29, 0.717) is 25.7 Å². The maximum Gasteiger partial charge on any atom is 0.472 e. The molecule has 648 valence electrons. The number of ether oxygens (including phenoxy) is 4. The minimum atomic E-state index is -4.97. The summed E-state index contributed by atoms with van der Waals surface area (Å²) in [5.74, 6) is -0.451. The summed E-state index contributed by atoms with van der Waals surface area (Å²) in [5.41, 5.74) is 0. The lowest BCUT2D eigenvalue weighted by Crippen LogP contribution is -2.30. The van der Waals surface area contributed by atoms with E-state index in [2.05, 4.69) is 41.5 Å². The number of aliphatic hydroxyl groups excluding tert-OH is 1. The van der Waals surface area contributed by atoms with E-state index in [4.69, 9.17) is 37.0 Å². The Morgan fingerprint density at radius 1 is 0.266 bits per heavy atom. The van der Waals surface area contributed by atoms with Crippen LogP contribution in [0.5, 0.6) is 0 Å². The molecule has 0 rings (SSSR count). The first-order valence-electron chi connectivity index (χ1n) is 46.5. The van der Waals surface area contributed by atoms with Gasteiger partial charge in [0, 0.05) is 25.7 Å². The van der Waals surface area contributed by atoms with E-state index in [1.54, 1.807) is 0 Å². The van der Waals surface area contributed by atoms with Crippen LogP contribution >= 0.6 is 15.6 Å². The van der Waals surface area contributed by atoms with Crippen LogP contribution in [0.1, 0.15) is 485 Å². The van der Waals surface area contributed by atoms with Crippen molar-refractivity contribution in [2.45, 2.75) is 503 Å². The minimum Gasteiger partial charge on any atom is -0.462 e. The monoisotopic (exact) mass is 1590 g/mol. The molecule has 0 aromatic rings. The predicted molar refractivity (Wildman–Crippen MR) is 451 cm³/mol. The highest BCUT2D eigenvalue weighted by Crippen LogP contribution is 2.45. The molecule has 17 nitrogen and oxygen atoms in total. The van der Waals surface area contributed by atoms with Gasteiger partial charge in [-0.3, -0.25) is 37.3 Å². The molecular weight excluding hydrogens is 1410 g/mol. The lowest BCUT2D eigenvalue weighted by Gasteiger charge is -2.21. The van der Waals surface area contributed by atoms with Crippen molar-refractivity contribution in [2.75, 3.05) is 39.6 Å². The number of carbonyl (C=O) groups excluding carboxylic acids is 4. The van der Waals surface area contributed by atoms with Gasteiger partial charge in [-0.1, -0.05) is 433 Å². The highest BCUT2D eigenvalue weighted by atomic mass is 31.2. The molecule has 0 aliphatic heterocycles. The van der Waals surface area contributed by atoms with E-state index < -0.39 is 97.5 Å². The topological polar surface area (TPSA) is 237 Å². The zero-order valence-electron chi connectivity index (χ0n) is 71.9. The van der Waals surface area contributed by atoms with Crippen molar-refractivity contribution < 1.29 is 80.2 Å². The Labute approximate surface area is 670 Å². The van der Waals surface area contributed by atoms with Crippen LogP contribution in [-0.4, -0.2) is 96.7 Å². The van der Waals surface area contributed by atoms with Gasteiger partial charge in [-0.2, -0.15) is 0 Å². The standard InChI is InChI=1S/C90H176O17P2/c1-7-10-12-14-16-18-20-21-22-23-24-25-26-27-31-34-37-43-49-55-61-67-73-88(93)101-79-86(107-89(94)74-68-62-56-50-44-38-35-32-29-28-30-33-36-42-47-53-59-65-71-83(6)9-3)81-105-109(98,99)103-77-84(91)76-102-108(96,97)104-80-85(78-100-87(92)72-66-60-54-48-19-17-15-13-11-8-2)106-90(95)75-69-63-57-51-45-40-39-41-46-52-58-64-70-82(4)5/h82-86,91H,7-81H2,1-6H3,(H,96,97)(H,98,99)/t83?,84-,85+,86+/m0/s1. The summed E-state index contributed by atoms with van der Waals surface area (Å²) < 4.78 is 69.0. The van der Waals surface area contributed by atoms with Crippen LogP contribution in [0.3, 0.4) is 0 Å². The number of hydrogen-bond donors (Lipinski definition) is 3. The van der Waals surface area contributed by atoms with Crippen LogP contribution in [0.15, 0.2) is 0 Å². The SMILES string of the molecule is CCCCCCCCCCCCCCCCCCCCCCCCC(=O)OC[C@H](COP(=O)(O)OC[C@@H](O)COP(=O)(O)OC[C@@H](COC(=O)CCCCCCCCCCCC)OC(=O)CCCCCCCCCCCCCCC(C)C)OC(=O)CCCCCCCCCCCCCCCCCCCCC(C)CC. The second kappa shape index (κ2) is 81.2. The fourth-order valence-electron chi connectivity index (χ4n) is 14.1.